The number of nitrogens with zero attached hydrogens (tertiary/aromatic N) is 1. The number of sulfonamides is 1. The molecular formula is C24H33N3O3S2. The van der Waals surface area contributed by atoms with Crippen molar-refractivity contribution in [1.29, 1.82) is 0 Å². The second kappa shape index (κ2) is 10.7. The van der Waals surface area contributed by atoms with Gasteiger partial charge in [0, 0.05) is 36.1 Å². The molecule has 1 fully saturated rings. The molecule has 0 radical (unpaired) electrons. The molecule has 1 aliphatic rings. The molecule has 2 N–H and O–H groups in total. The fourth-order valence-corrected chi connectivity index (χ4v) is 5.32. The highest BCUT2D eigenvalue weighted by Crippen LogP contribution is 2.29. The standard InChI is InChI=1S/C24H33N3O3S2/c1-17(2)24(28)26-22-14-21(11-12-23(22)31-4)32(29,30)25-15-19-7-9-20(10-8-19)27-13-5-6-18(3)16-27/h7-12,14,17-18,25H,5-6,13,15-16H2,1-4H3,(H,26,28). The third kappa shape index (κ3) is 6.27. The molecule has 2 aromatic rings. The van der Waals surface area contributed by atoms with Gasteiger partial charge in [-0.15, -0.1) is 11.8 Å². The molecule has 1 atom stereocenters. The average molecular weight is 476 g/mol. The zero-order valence-electron chi connectivity index (χ0n) is 19.2. The van der Waals surface area contributed by atoms with Crippen molar-refractivity contribution < 1.29 is 13.2 Å². The lowest BCUT2D eigenvalue weighted by Gasteiger charge is -2.32. The van der Waals surface area contributed by atoms with Gasteiger partial charge in [0.25, 0.3) is 0 Å². The minimum atomic E-state index is -3.72. The summed E-state index contributed by atoms with van der Waals surface area (Å²) in [6.07, 6.45) is 4.37. The lowest BCUT2D eigenvalue weighted by Crippen LogP contribution is -2.34. The van der Waals surface area contributed by atoms with Gasteiger partial charge in [-0.25, -0.2) is 13.1 Å². The van der Waals surface area contributed by atoms with Crippen LogP contribution in [-0.4, -0.2) is 33.7 Å². The minimum Gasteiger partial charge on any atom is -0.371 e. The number of hydrogen-bond donors (Lipinski definition) is 2. The van der Waals surface area contributed by atoms with E-state index >= 15 is 0 Å². The molecule has 1 aliphatic heterocycles. The first-order valence-electron chi connectivity index (χ1n) is 11.0. The average Bonchev–Trinajstić information content (AvgIpc) is 2.78. The van der Waals surface area contributed by atoms with Gasteiger partial charge < -0.3 is 10.2 Å². The minimum absolute atomic E-state index is 0.133. The summed E-state index contributed by atoms with van der Waals surface area (Å²) in [6.45, 7) is 8.21. The molecule has 1 heterocycles. The van der Waals surface area contributed by atoms with E-state index in [4.69, 9.17) is 0 Å². The summed E-state index contributed by atoms with van der Waals surface area (Å²) in [5.41, 5.74) is 2.59. The number of benzene rings is 2. The quantitative estimate of drug-likeness (QED) is 0.540. The highest BCUT2D eigenvalue weighted by atomic mass is 32.2. The number of anilines is 2. The van der Waals surface area contributed by atoms with Crippen molar-refractivity contribution in [3.8, 4) is 0 Å². The van der Waals surface area contributed by atoms with E-state index in [1.165, 1.54) is 36.4 Å². The summed E-state index contributed by atoms with van der Waals surface area (Å²) in [6, 6.07) is 12.9. The van der Waals surface area contributed by atoms with Crippen LogP contribution in [0.4, 0.5) is 11.4 Å². The summed E-state index contributed by atoms with van der Waals surface area (Å²) < 4.78 is 28.5. The van der Waals surface area contributed by atoms with Gasteiger partial charge in [0.2, 0.25) is 15.9 Å². The maximum Gasteiger partial charge on any atom is 0.240 e. The largest absolute Gasteiger partial charge is 0.371 e. The number of thioether (sulfide) groups is 1. The van der Waals surface area contributed by atoms with Crippen molar-refractivity contribution in [1.82, 2.24) is 4.72 Å². The van der Waals surface area contributed by atoms with Crippen molar-refractivity contribution in [3.63, 3.8) is 0 Å². The third-order valence-corrected chi connectivity index (χ3v) is 7.88. The molecule has 1 amide bonds. The van der Waals surface area contributed by atoms with E-state index in [9.17, 15) is 13.2 Å². The first kappa shape index (κ1) is 24.6. The van der Waals surface area contributed by atoms with E-state index in [1.807, 2.05) is 18.4 Å². The van der Waals surface area contributed by atoms with Gasteiger partial charge in [0.1, 0.15) is 0 Å². The molecule has 32 heavy (non-hydrogen) atoms. The van der Waals surface area contributed by atoms with Crippen LogP contribution in [0, 0.1) is 11.8 Å². The van der Waals surface area contributed by atoms with E-state index in [1.54, 1.807) is 26.0 Å². The van der Waals surface area contributed by atoms with E-state index in [2.05, 4.69) is 34.0 Å². The Morgan fingerprint density at radius 1 is 1.19 bits per heavy atom. The van der Waals surface area contributed by atoms with E-state index in [0.29, 0.717) is 11.6 Å². The van der Waals surface area contributed by atoms with Crippen LogP contribution in [0.5, 0.6) is 0 Å². The van der Waals surface area contributed by atoms with Crippen LogP contribution < -0.4 is 14.9 Å². The van der Waals surface area contributed by atoms with Crippen LogP contribution in [0.2, 0.25) is 0 Å². The molecule has 0 bridgehead atoms. The van der Waals surface area contributed by atoms with Crippen LogP contribution in [0.15, 0.2) is 52.3 Å². The normalized spacial score (nSPS) is 16.9. The first-order chi connectivity index (χ1) is 15.2. The second-order valence-electron chi connectivity index (χ2n) is 8.69. The maximum absolute atomic E-state index is 12.9. The first-order valence-corrected chi connectivity index (χ1v) is 13.7. The van der Waals surface area contributed by atoms with E-state index < -0.39 is 10.0 Å². The molecule has 3 rings (SSSR count). The fraction of sp³-hybridized carbons (Fsp3) is 0.458. The third-order valence-electron chi connectivity index (χ3n) is 5.69. The van der Waals surface area contributed by atoms with Crippen molar-refractivity contribution >= 4 is 39.1 Å². The van der Waals surface area contributed by atoms with Gasteiger partial charge in [-0.2, -0.15) is 0 Å². The van der Waals surface area contributed by atoms with Gasteiger partial charge in [-0.3, -0.25) is 4.79 Å². The smallest absolute Gasteiger partial charge is 0.240 e. The molecule has 174 valence electrons. The zero-order valence-corrected chi connectivity index (χ0v) is 20.9. The Bertz CT molecular complexity index is 1040. The Hall–Kier alpha value is -2.03. The number of hydrogen-bond acceptors (Lipinski definition) is 5. The Balaban J connectivity index is 1.69. The summed E-state index contributed by atoms with van der Waals surface area (Å²) in [5, 5.41) is 2.83. The number of piperidine rings is 1. The second-order valence-corrected chi connectivity index (χ2v) is 11.3. The maximum atomic E-state index is 12.9. The number of carbonyl (C=O) groups is 1. The summed E-state index contributed by atoms with van der Waals surface area (Å²) in [4.78, 5) is 15.5. The number of amides is 1. The molecule has 0 aliphatic carbocycles. The Kier molecular flexibility index (Phi) is 8.25. The lowest BCUT2D eigenvalue weighted by atomic mass is 9.99. The van der Waals surface area contributed by atoms with E-state index in [-0.39, 0.29) is 23.3 Å². The number of rotatable bonds is 8. The van der Waals surface area contributed by atoms with Gasteiger partial charge in [-0.1, -0.05) is 32.9 Å². The van der Waals surface area contributed by atoms with Crippen molar-refractivity contribution in [2.75, 3.05) is 29.6 Å². The van der Waals surface area contributed by atoms with Crippen LogP contribution in [-0.2, 0) is 21.4 Å². The SMILES string of the molecule is CSc1ccc(S(=O)(=O)NCc2ccc(N3CCCC(C)C3)cc2)cc1NC(=O)C(C)C. The van der Waals surface area contributed by atoms with Crippen molar-refractivity contribution in [3.05, 3.63) is 48.0 Å². The van der Waals surface area contributed by atoms with Crippen molar-refractivity contribution in [2.24, 2.45) is 11.8 Å². The monoisotopic (exact) mass is 475 g/mol. The predicted octanol–water partition coefficient (Wildman–Crippen LogP) is 4.72. The summed E-state index contributed by atoms with van der Waals surface area (Å²) in [7, 11) is -3.72. The van der Waals surface area contributed by atoms with E-state index in [0.717, 1.165) is 23.5 Å². The predicted molar refractivity (Wildman–Crippen MR) is 133 cm³/mol. The zero-order chi connectivity index (χ0) is 23.3. The molecule has 2 aromatic carbocycles. The van der Waals surface area contributed by atoms with Gasteiger partial charge >= 0.3 is 0 Å². The Morgan fingerprint density at radius 3 is 2.53 bits per heavy atom. The molecule has 6 nitrogen and oxygen atoms in total. The number of nitrogens with one attached hydrogen (secondary N) is 2. The van der Waals surface area contributed by atoms with Gasteiger partial charge in [0.05, 0.1) is 10.6 Å². The molecular weight excluding hydrogens is 442 g/mol. The summed E-state index contributed by atoms with van der Waals surface area (Å²) >= 11 is 1.46. The van der Waals surface area contributed by atoms with Crippen molar-refractivity contribution in [2.45, 2.75) is 49.9 Å². The molecule has 0 spiro atoms. The van der Waals surface area contributed by atoms with Crippen LogP contribution in [0.1, 0.15) is 39.2 Å². The van der Waals surface area contributed by atoms with Gasteiger partial charge in [-0.05, 0) is 60.9 Å². The molecule has 8 heteroatoms. The lowest BCUT2D eigenvalue weighted by molar-refractivity contribution is -0.118. The highest BCUT2D eigenvalue weighted by Gasteiger charge is 2.19. The topological polar surface area (TPSA) is 78.5 Å². The number of carbonyl (C=O) groups excluding carboxylic acids is 1. The molecule has 1 unspecified atom stereocenters. The van der Waals surface area contributed by atoms with Crippen LogP contribution in [0.3, 0.4) is 0 Å². The fourth-order valence-electron chi connectivity index (χ4n) is 3.74. The van der Waals surface area contributed by atoms with Crippen LogP contribution in [0.25, 0.3) is 0 Å². The van der Waals surface area contributed by atoms with Crippen LogP contribution >= 0.6 is 11.8 Å². The van der Waals surface area contributed by atoms with Gasteiger partial charge in [0.15, 0.2) is 0 Å². The highest BCUT2D eigenvalue weighted by molar-refractivity contribution is 7.98. The Labute approximate surface area is 196 Å². The molecule has 0 aromatic heterocycles. The molecule has 1 saturated heterocycles. The molecule has 0 saturated carbocycles. The Morgan fingerprint density at radius 2 is 1.91 bits per heavy atom. The summed E-state index contributed by atoms with van der Waals surface area (Å²) in [5.74, 6) is 0.355.